The van der Waals surface area contributed by atoms with Crippen molar-refractivity contribution in [3.05, 3.63) is 24.3 Å². The van der Waals surface area contributed by atoms with Crippen LogP contribution >= 0.6 is 12.4 Å². The Morgan fingerprint density at radius 1 is 1.25 bits per heavy atom. The van der Waals surface area contributed by atoms with Crippen molar-refractivity contribution in [2.75, 3.05) is 32.8 Å². The van der Waals surface area contributed by atoms with Crippen LogP contribution in [0.25, 0.3) is 0 Å². The van der Waals surface area contributed by atoms with Crippen molar-refractivity contribution in [1.82, 2.24) is 9.62 Å². The molecular weight excluding hydrogens is 348 g/mol. The molecule has 1 aromatic carbocycles. The lowest BCUT2D eigenvalue weighted by atomic mass is 9.87. The van der Waals surface area contributed by atoms with E-state index in [0.29, 0.717) is 30.5 Å². The number of benzene rings is 1. The van der Waals surface area contributed by atoms with Crippen molar-refractivity contribution in [3.8, 4) is 5.75 Å². The number of halogens is 1. The monoisotopic (exact) mass is 374 g/mol. The van der Waals surface area contributed by atoms with Gasteiger partial charge in [-0.2, -0.15) is 4.31 Å². The Balaban J connectivity index is 0.00000208. The Kier molecular flexibility index (Phi) is 6.18. The van der Waals surface area contributed by atoms with E-state index in [-0.39, 0.29) is 17.8 Å². The number of nitrogens with zero attached hydrogens (tertiary/aromatic N) is 1. The first-order valence-corrected chi connectivity index (χ1v) is 9.79. The second-order valence-electron chi connectivity index (χ2n) is 7.19. The van der Waals surface area contributed by atoms with Crippen LogP contribution in [0.4, 0.5) is 0 Å². The van der Waals surface area contributed by atoms with Crippen LogP contribution in [0.15, 0.2) is 29.2 Å². The highest BCUT2D eigenvalue weighted by molar-refractivity contribution is 7.89. The summed E-state index contributed by atoms with van der Waals surface area (Å²) < 4.78 is 32.9. The van der Waals surface area contributed by atoms with Crippen molar-refractivity contribution >= 4 is 22.4 Å². The number of hydrogen-bond donors (Lipinski definition) is 1. The second-order valence-corrected chi connectivity index (χ2v) is 9.13. The maximum Gasteiger partial charge on any atom is 0.243 e. The molecule has 2 aliphatic heterocycles. The first-order valence-electron chi connectivity index (χ1n) is 8.35. The second kappa shape index (κ2) is 7.60. The molecule has 0 radical (unpaired) electrons. The first kappa shape index (κ1) is 19.5. The van der Waals surface area contributed by atoms with Gasteiger partial charge in [-0.3, -0.25) is 0 Å². The van der Waals surface area contributed by atoms with Crippen LogP contribution in [0.5, 0.6) is 5.75 Å². The summed E-state index contributed by atoms with van der Waals surface area (Å²) in [4.78, 5) is 0.359. The van der Waals surface area contributed by atoms with Crippen molar-refractivity contribution in [1.29, 1.82) is 0 Å². The predicted octanol–water partition coefficient (Wildman–Crippen LogP) is 2.52. The van der Waals surface area contributed by atoms with Gasteiger partial charge in [-0.1, -0.05) is 13.8 Å². The summed E-state index contributed by atoms with van der Waals surface area (Å²) in [5.74, 6) is 1.16. The molecule has 3 rings (SSSR count). The Bertz CT molecular complexity index is 640. The van der Waals surface area contributed by atoms with E-state index in [4.69, 9.17) is 4.74 Å². The molecule has 0 aromatic heterocycles. The summed E-state index contributed by atoms with van der Waals surface area (Å²) in [7, 11) is -3.40. The number of nitrogens with one attached hydrogen (secondary N) is 1. The van der Waals surface area contributed by atoms with Gasteiger partial charge in [-0.05, 0) is 55.0 Å². The van der Waals surface area contributed by atoms with E-state index in [1.165, 1.54) is 0 Å². The minimum Gasteiger partial charge on any atom is -0.493 e. The van der Waals surface area contributed by atoms with Crippen LogP contribution in [0.2, 0.25) is 0 Å². The molecule has 1 atom stereocenters. The van der Waals surface area contributed by atoms with Gasteiger partial charge < -0.3 is 10.1 Å². The van der Waals surface area contributed by atoms with Gasteiger partial charge in [0.25, 0.3) is 0 Å². The average molecular weight is 375 g/mol. The Labute approximate surface area is 151 Å². The SMILES string of the molecule is CC(C)COc1ccc(S(=O)(=O)N2CCC3(CCNC3)C2)cc1.Cl. The zero-order valence-electron chi connectivity index (χ0n) is 14.3. The highest BCUT2D eigenvalue weighted by atomic mass is 35.5. The van der Waals surface area contributed by atoms with E-state index in [0.717, 1.165) is 31.7 Å². The first-order chi connectivity index (χ1) is 10.9. The minimum absolute atomic E-state index is 0. The quantitative estimate of drug-likeness (QED) is 0.860. The summed E-state index contributed by atoms with van der Waals surface area (Å²) in [5.41, 5.74) is 0.146. The Morgan fingerprint density at radius 2 is 1.96 bits per heavy atom. The molecule has 1 N–H and O–H groups in total. The summed E-state index contributed by atoms with van der Waals surface area (Å²) in [6.45, 7) is 7.98. The molecule has 1 aromatic rings. The third-order valence-corrected chi connectivity index (χ3v) is 6.64. The van der Waals surface area contributed by atoms with Crippen molar-refractivity contribution in [2.24, 2.45) is 11.3 Å². The number of ether oxygens (including phenoxy) is 1. The molecule has 24 heavy (non-hydrogen) atoms. The molecule has 7 heteroatoms. The molecule has 0 amide bonds. The van der Waals surface area contributed by atoms with Crippen LogP contribution in [0.1, 0.15) is 26.7 Å². The van der Waals surface area contributed by atoms with Gasteiger partial charge in [0.15, 0.2) is 0 Å². The van der Waals surface area contributed by atoms with E-state index in [9.17, 15) is 8.42 Å². The van der Waals surface area contributed by atoms with E-state index in [1.807, 2.05) is 0 Å². The fourth-order valence-electron chi connectivity index (χ4n) is 3.36. The third kappa shape index (κ3) is 4.04. The zero-order valence-corrected chi connectivity index (χ0v) is 16.0. The van der Waals surface area contributed by atoms with Gasteiger partial charge in [-0.15, -0.1) is 12.4 Å². The van der Waals surface area contributed by atoms with Crippen molar-refractivity contribution in [2.45, 2.75) is 31.6 Å². The average Bonchev–Trinajstić information content (AvgIpc) is 3.16. The molecular formula is C17H27ClN2O3S. The van der Waals surface area contributed by atoms with Gasteiger partial charge in [0.1, 0.15) is 5.75 Å². The van der Waals surface area contributed by atoms with E-state index in [1.54, 1.807) is 28.6 Å². The summed E-state index contributed by atoms with van der Waals surface area (Å²) in [6, 6.07) is 6.81. The molecule has 1 unspecified atom stereocenters. The number of rotatable bonds is 5. The van der Waals surface area contributed by atoms with E-state index >= 15 is 0 Å². The molecule has 2 heterocycles. The van der Waals surface area contributed by atoms with Gasteiger partial charge in [-0.25, -0.2) is 8.42 Å². The molecule has 0 bridgehead atoms. The summed E-state index contributed by atoms with van der Waals surface area (Å²) >= 11 is 0. The molecule has 2 aliphatic rings. The molecule has 0 saturated carbocycles. The predicted molar refractivity (Wildman–Crippen MR) is 97.3 cm³/mol. The Morgan fingerprint density at radius 3 is 2.54 bits per heavy atom. The molecule has 2 saturated heterocycles. The molecule has 2 fully saturated rings. The van der Waals surface area contributed by atoms with E-state index < -0.39 is 10.0 Å². The highest BCUT2D eigenvalue weighted by Gasteiger charge is 2.44. The lowest BCUT2D eigenvalue weighted by molar-refractivity contribution is 0.271. The standard InChI is InChI=1S/C17H26N2O3S.ClH/c1-14(2)11-22-15-3-5-16(6-4-15)23(20,21)19-10-8-17(13-19)7-9-18-12-17;/h3-6,14,18H,7-13H2,1-2H3;1H. The van der Waals surface area contributed by atoms with Crippen molar-refractivity contribution < 1.29 is 13.2 Å². The highest BCUT2D eigenvalue weighted by Crippen LogP contribution is 2.38. The van der Waals surface area contributed by atoms with Gasteiger partial charge in [0.2, 0.25) is 10.0 Å². The normalized spacial score (nSPS) is 24.5. The van der Waals surface area contributed by atoms with Crippen LogP contribution < -0.4 is 10.1 Å². The fraction of sp³-hybridized carbons (Fsp3) is 0.647. The smallest absolute Gasteiger partial charge is 0.243 e. The van der Waals surface area contributed by atoms with Crippen LogP contribution in [0.3, 0.4) is 0 Å². The van der Waals surface area contributed by atoms with Crippen LogP contribution in [-0.2, 0) is 10.0 Å². The Hall–Kier alpha value is -0.820. The summed E-state index contributed by atoms with van der Waals surface area (Å²) in [5, 5.41) is 3.36. The lowest BCUT2D eigenvalue weighted by Crippen LogP contribution is -2.33. The van der Waals surface area contributed by atoms with Gasteiger partial charge >= 0.3 is 0 Å². The summed E-state index contributed by atoms with van der Waals surface area (Å²) in [6.07, 6.45) is 2.02. The molecule has 136 valence electrons. The van der Waals surface area contributed by atoms with Crippen molar-refractivity contribution in [3.63, 3.8) is 0 Å². The zero-order chi connectivity index (χ0) is 16.5. The van der Waals surface area contributed by atoms with Crippen LogP contribution in [-0.4, -0.2) is 45.5 Å². The molecule has 1 spiro atoms. The number of hydrogen-bond acceptors (Lipinski definition) is 4. The largest absolute Gasteiger partial charge is 0.493 e. The molecule has 5 nitrogen and oxygen atoms in total. The topological polar surface area (TPSA) is 58.6 Å². The fourth-order valence-corrected chi connectivity index (χ4v) is 4.92. The van der Waals surface area contributed by atoms with Gasteiger partial charge in [0.05, 0.1) is 11.5 Å². The molecule has 0 aliphatic carbocycles. The van der Waals surface area contributed by atoms with Crippen LogP contribution in [0, 0.1) is 11.3 Å². The van der Waals surface area contributed by atoms with E-state index in [2.05, 4.69) is 19.2 Å². The lowest BCUT2D eigenvalue weighted by Gasteiger charge is -2.22. The maximum absolute atomic E-state index is 12.8. The number of sulfonamides is 1. The third-order valence-electron chi connectivity index (χ3n) is 4.78. The van der Waals surface area contributed by atoms with Gasteiger partial charge in [0, 0.05) is 19.6 Å². The maximum atomic E-state index is 12.8. The minimum atomic E-state index is -3.40.